The fourth-order valence-electron chi connectivity index (χ4n) is 2.59. The standard InChI is InChI=1S/C15H21N3O3/c1-8(2)12(15(20)21)18-14-10(13(16)19)7-9-5-3-4-6-11(9)17-14/h7-8,12H,3-6H2,1-2H3,(H2,16,19)(H,17,18)(H,20,21). The van der Waals surface area contributed by atoms with Crippen molar-refractivity contribution in [1.82, 2.24) is 4.98 Å². The molecule has 0 bridgehead atoms. The normalized spacial score (nSPS) is 15.4. The lowest BCUT2D eigenvalue weighted by atomic mass is 9.94. The molecule has 0 fully saturated rings. The van der Waals surface area contributed by atoms with Gasteiger partial charge >= 0.3 is 5.97 Å². The largest absolute Gasteiger partial charge is 0.480 e. The van der Waals surface area contributed by atoms with Crippen LogP contribution in [0.15, 0.2) is 6.07 Å². The zero-order valence-corrected chi connectivity index (χ0v) is 12.3. The highest BCUT2D eigenvalue weighted by Gasteiger charge is 2.25. The molecular formula is C15H21N3O3. The highest BCUT2D eigenvalue weighted by atomic mass is 16.4. The van der Waals surface area contributed by atoms with Crippen LogP contribution in [-0.2, 0) is 17.6 Å². The van der Waals surface area contributed by atoms with E-state index < -0.39 is 17.9 Å². The highest BCUT2D eigenvalue weighted by molar-refractivity contribution is 5.98. The van der Waals surface area contributed by atoms with Gasteiger partial charge < -0.3 is 16.2 Å². The number of hydrogen-bond acceptors (Lipinski definition) is 4. The van der Waals surface area contributed by atoms with Crippen LogP contribution < -0.4 is 11.1 Å². The van der Waals surface area contributed by atoms with E-state index in [0.717, 1.165) is 36.9 Å². The predicted octanol–water partition coefficient (Wildman–Crippen LogP) is 1.58. The maximum Gasteiger partial charge on any atom is 0.326 e. The summed E-state index contributed by atoms with van der Waals surface area (Å²) < 4.78 is 0. The summed E-state index contributed by atoms with van der Waals surface area (Å²) in [6.45, 7) is 3.60. The van der Waals surface area contributed by atoms with Crippen LogP contribution in [-0.4, -0.2) is 28.0 Å². The van der Waals surface area contributed by atoms with Crippen molar-refractivity contribution in [2.45, 2.75) is 45.6 Å². The second-order valence-electron chi connectivity index (χ2n) is 5.77. The minimum absolute atomic E-state index is 0.138. The van der Waals surface area contributed by atoms with Crippen LogP contribution in [0.25, 0.3) is 0 Å². The molecular weight excluding hydrogens is 270 g/mol. The molecule has 1 aliphatic carbocycles. The summed E-state index contributed by atoms with van der Waals surface area (Å²) in [6, 6.07) is 0.947. The van der Waals surface area contributed by atoms with E-state index in [1.165, 1.54) is 0 Å². The van der Waals surface area contributed by atoms with E-state index in [4.69, 9.17) is 5.73 Å². The molecule has 21 heavy (non-hydrogen) atoms. The van der Waals surface area contributed by atoms with Gasteiger partial charge in [-0.3, -0.25) is 4.79 Å². The van der Waals surface area contributed by atoms with Crippen molar-refractivity contribution in [3.8, 4) is 0 Å². The minimum atomic E-state index is -0.972. The van der Waals surface area contributed by atoms with E-state index >= 15 is 0 Å². The lowest BCUT2D eigenvalue weighted by Gasteiger charge is -2.22. The van der Waals surface area contributed by atoms with Crippen LogP contribution in [0.4, 0.5) is 5.82 Å². The predicted molar refractivity (Wildman–Crippen MR) is 79.3 cm³/mol. The molecule has 1 heterocycles. The Kier molecular flexibility index (Phi) is 4.45. The van der Waals surface area contributed by atoms with Crippen molar-refractivity contribution in [3.63, 3.8) is 0 Å². The molecule has 1 aromatic rings. The molecule has 0 aromatic carbocycles. The van der Waals surface area contributed by atoms with E-state index in [2.05, 4.69) is 10.3 Å². The van der Waals surface area contributed by atoms with Crippen molar-refractivity contribution in [2.24, 2.45) is 11.7 Å². The SMILES string of the molecule is CC(C)C(Nc1nc2c(cc1C(N)=O)CCCC2)C(=O)O. The zero-order valence-electron chi connectivity index (χ0n) is 12.3. The number of primary amides is 1. The average molecular weight is 291 g/mol. The second-order valence-corrected chi connectivity index (χ2v) is 5.77. The summed E-state index contributed by atoms with van der Waals surface area (Å²) >= 11 is 0. The zero-order chi connectivity index (χ0) is 15.6. The van der Waals surface area contributed by atoms with Crippen LogP contribution in [0, 0.1) is 5.92 Å². The third-order valence-corrected chi connectivity index (χ3v) is 3.79. The number of pyridine rings is 1. The number of carbonyl (C=O) groups excluding carboxylic acids is 1. The number of nitrogens with zero attached hydrogens (tertiary/aromatic N) is 1. The summed E-state index contributed by atoms with van der Waals surface area (Å²) in [4.78, 5) is 27.4. The Hall–Kier alpha value is -2.11. The van der Waals surface area contributed by atoms with Crippen molar-refractivity contribution in [3.05, 3.63) is 22.9 Å². The van der Waals surface area contributed by atoms with Gasteiger partial charge in [0.25, 0.3) is 5.91 Å². The number of amides is 1. The molecule has 0 spiro atoms. The van der Waals surface area contributed by atoms with E-state index in [-0.39, 0.29) is 17.3 Å². The van der Waals surface area contributed by atoms with Gasteiger partial charge in [-0.2, -0.15) is 0 Å². The van der Waals surface area contributed by atoms with Crippen molar-refractivity contribution in [2.75, 3.05) is 5.32 Å². The molecule has 2 rings (SSSR count). The number of aliphatic carboxylic acids is 1. The minimum Gasteiger partial charge on any atom is -0.480 e. The highest BCUT2D eigenvalue weighted by Crippen LogP contribution is 2.25. The first-order chi connectivity index (χ1) is 9.90. The molecule has 1 aromatic heterocycles. The van der Waals surface area contributed by atoms with Gasteiger partial charge in [-0.25, -0.2) is 9.78 Å². The van der Waals surface area contributed by atoms with Crippen LogP contribution in [0.2, 0.25) is 0 Å². The summed E-state index contributed by atoms with van der Waals surface area (Å²) in [6.07, 6.45) is 3.86. The van der Waals surface area contributed by atoms with Crippen molar-refractivity contribution >= 4 is 17.7 Å². The van der Waals surface area contributed by atoms with E-state index in [1.807, 2.05) is 0 Å². The average Bonchev–Trinajstić information content (AvgIpc) is 2.42. The number of carboxylic acids is 1. The second kappa shape index (κ2) is 6.11. The number of fused-ring (bicyclic) bond motifs is 1. The van der Waals surface area contributed by atoms with Gasteiger partial charge in [0.2, 0.25) is 0 Å². The third-order valence-electron chi connectivity index (χ3n) is 3.79. The molecule has 0 aliphatic heterocycles. The Bertz CT molecular complexity index is 570. The molecule has 0 saturated heterocycles. The maximum atomic E-state index is 11.6. The lowest BCUT2D eigenvalue weighted by Crippen LogP contribution is -2.35. The summed E-state index contributed by atoms with van der Waals surface area (Å²) in [5.41, 5.74) is 7.65. The first-order valence-corrected chi connectivity index (χ1v) is 7.22. The van der Waals surface area contributed by atoms with Crippen LogP contribution >= 0.6 is 0 Å². The number of aryl methyl sites for hydroxylation is 2. The van der Waals surface area contributed by atoms with Gasteiger partial charge in [0, 0.05) is 5.69 Å². The molecule has 114 valence electrons. The molecule has 4 N–H and O–H groups in total. The monoisotopic (exact) mass is 291 g/mol. The summed E-state index contributed by atoms with van der Waals surface area (Å²) in [7, 11) is 0. The molecule has 6 heteroatoms. The maximum absolute atomic E-state index is 11.6. The van der Waals surface area contributed by atoms with E-state index in [9.17, 15) is 14.7 Å². The van der Waals surface area contributed by atoms with Crippen LogP contribution in [0.3, 0.4) is 0 Å². The quantitative estimate of drug-likeness (QED) is 0.763. The topological polar surface area (TPSA) is 105 Å². The van der Waals surface area contributed by atoms with E-state index in [0.29, 0.717) is 0 Å². The van der Waals surface area contributed by atoms with Gasteiger partial charge in [-0.15, -0.1) is 0 Å². The molecule has 6 nitrogen and oxygen atoms in total. The van der Waals surface area contributed by atoms with Gasteiger partial charge in [-0.05, 0) is 43.2 Å². The van der Waals surface area contributed by atoms with Gasteiger partial charge in [-0.1, -0.05) is 13.8 Å². The van der Waals surface area contributed by atoms with Crippen molar-refractivity contribution in [1.29, 1.82) is 0 Å². The first-order valence-electron chi connectivity index (χ1n) is 7.22. The smallest absolute Gasteiger partial charge is 0.326 e. The number of rotatable bonds is 5. The summed E-state index contributed by atoms with van der Waals surface area (Å²) in [5, 5.41) is 12.1. The molecule has 1 unspecified atom stereocenters. The number of carbonyl (C=O) groups is 2. The molecule has 0 saturated carbocycles. The Morgan fingerprint density at radius 2 is 2.00 bits per heavy atom. The Labute approximate surface area is 123 Å². The fraction of sp³-hybridized carbons (Fsp3) is 0.533. The molecule has 1 amide bonds. The lowest BCUT2D eigenvalue weighted by molar-refractivity contribution is -0.138. The fourth-order valence-corrected chi connectivity index (χ4v) is 2.59. The Balaban J connectivity index is 2.41. The van der Waals surface area contributed by atoms with E-state index in [1.54, 1.807) is 19.9 Å². The molecule has 0 radical (unpaired) electrons. The number of aromatic nitrogens is 1. The van der Waals surface area contributed by atoms with Gasteiger partial charge in [0.15, 0.2) is 0 Å². The third kappa shape index (κ3) is 3.32. The molecule has 1 aliphatic rings. The summed E-state index contributed by atoms with van der Waals surface area (Å²) in [5.74, 6) is -1.42. The number of anilines is 1. The van der Waals surface area contributed by atoms with Gasteiger partial charge in [0.1, 0.15) is 11.9 Å². The Morgan fingerprint density at radius 3 is 2.57 bits per heavy atom. The van der Waals surface area contributed by atoms with Crippen LogP contribution in [0.5, 0.6) is 0 Å². The van der Waals surface area contributed by atoms with Crippen LogP contribution in [0.1, 0.15) is 48.3 Å². The van der Waals surface area contributed by atoms with Crippen molar-refractivity contribution < 1.29 is 14.7 Å². The number of nitrogens with one attached hydrogen (secondary N) is 1. The Morgan fingerprint density at radius 1 is 1.33 bits per heavy atom. The first kappa shape index (κ1) is 15.3. The number of nitrogens with two attached hydrogens (primary N) is 1. The number of hydrogen-bond donors (Lipinski definition) is 3. The number of carboxylic acid groups (broad SMARTS) is 1. The molecule has 1 atom stereocenters. The van der Waals surface area contributed by atoms with Gasteiger partial charge in [0.05, 0.1) is 5.56 Å².